The Morgan fingerprint density at radius 2 is 1.89 bits per heavy atom. The summed E-state index contributed by atoms with van der Waals surface area (Å²) in [5.74, 6) is -0.948. The molecule has 152 valence electrons. The van der Waals surface area contributed by atoms with Crippen LogP contribution in [0, 0.1) is 22.7 Å². The monoisotopic (exact) mass is 378 g/mol. The van der Waals surface area contributed by atoms with Crippen LogP contribution in [0.3, 0.4) is 0 Å². The summed E-state index contributed by atoms with van der Waals surface area (Å²) < 4.78 is 12.1. The van der Waals surface area contributed by atoms with Crippen molar-refractivity contribution in [2.75, 3.05) is 0 Å². The average molecular weight is 379 g/mol. The number of ketones is 1. The molecule has 3 aliphatic rings. The first-order valence-electron chi connectivity index (χ1n) is 10.0. The number of esters is 1. The molecule has 0 amide bonds. The quantitative estimate of drug-likeness (QED) is 0.589. The third-order valence-electron chi connectivity index (χ3n) is 7.56. The first kappa shape index (κ1) is 20.5. The number of Topliss-reactive ketones (excluding diaryl/α,β-unsaturated/α-hetero) is 1. The van der Waals surface area contributed by atoms with Crippen LogP contribution in [0.25, 0.3) is 0 Å². The highest BCUT2D eigenvalue weighted by Gasteiger charge is 2.71. The molecule has 2 aliphatic carbocycles. The van der Waals surface area contributed by atoms with E-state index in [0.29, 0.717) is 0 Å². The minimum Gasteiger partial charge on any atom is -0.457 e. The summed E-state index contributed by atoms with van der Waals surface area (Å²) in [5.41, 5.74) is -2.51. The van der Waals surface area contributed by atoms with Gasteiger partial charge in [0, 0.05) is 13.3 Å². The topological polar surface area (TPSA) is 72.8 Å². The lowest BCUT2D eigenvalue weighted by atomic mass is 9.42. The van der Waals surface area contributed by atoms with Crippen LogP contribution in [0.2, 0.25) is 0 Å². The van der Waals surface area contributed by atoms with Crippen molar-refractivity contribution in [1.82, 2.24) is 0 Å². The number of rotatable bonds is 2. The number of aliphatic hydroxyl groups is 1. The normalized spacial score (nSPS) is 48.9. The minimum atomic E-state index is -1.10. The van der Waals surface area contributed by atoms with Crippen LogP contribution in [0.1, 0.15) is 67.2 Å². The fourth-order valence-corrected chi connectivity index (χ4v) is 6.91. The maximum atomic E-state index is 13.5. The lowest BCUT2D eigenvalue weighted by molar-refractivity contribution is -0.307. The molecule has 1 aliphatic heterocycles. The SMILES string of the molecule is C=C[C@@]1(C)CC(=O)[C@@H]2[C@@]3(C)CCCC(C)(C)[C@@H]3[C@H](O)[C@H](OC(C)=O)[C@@]2(C)O1. The Bertz CT molecular complexity index is 670. The molecular formula is C22H34O5. The summed E-state index contributed by atoms with van der Waals surface area (Å²) in [7, 11) is 0. The number of ether oxygens (including phenoxy) is 2. The molecule has 0 aromatic heterocycles. The molecule has 0 aromatic rings. The van der Waals surface area contributed by atoms with Gasteiger partial charge in [-0.05, 0) is 43.4 Å². The van der Waals surface area contributed by atoms with Crippen LogP contribution in [0.4, 0.5) is 0 Å². The van der Waals surface area contributed by atoms with Crippen molar-refractivity contribution in [3.8, 4) is 0 Å². The maximum absolute atomic E-state index is 13.5. The van der Waals surface area contributed by atoms with Gasteiger partial charge in [-0.2, -0.15) is 0 Å². The smallest absolute Gasteiger partial charge is 0.303 e. The Morgan fingerprint density at radius 3 is 2.44 bits per heavy atom. The van der Waals surface area contributed by atoms with Gasteiger partial charge in [-0.1, -0.05) is 33.3 Å². The Hall–Kier alpha value is -1.20. The molecule has 7 atom stereocenters. The van der Waals surface area contributed by atoms with E-state index in [9.17, 15) is 14.7 Å². The summed E-state index contributed by atoms with van der Waals surface area (Å²) in [6, 6.07) is 0. The van der Waals surface area contributed by atoms with Crippen molar-refractivity contribution < 1.29 is 24.2 Å². The summed E-state index contributed by atoms with van der Waals surface area (Å²) in [4.78, 5) is 25.4. The molecule has 5 nitrogen and oxygen atoms in total. The Kier molecular flexibility index (Phi) is 4.68. The molecule has 0 radical (unpaired) electrons. The zero-order valence-corrected chi connectivity index (χ0v) is 17.5. The van der Waals surface area contributed by atoms with Gasteiger partial charge < -0.3 is 14.6 Å². The second kappa shape index (κ2) is 6.15. The van der Waals surface area contributed by atoms with Crippen molar-refractivity contribution in [2.45, 2.75) is 90.6 Å². The van der Waals surface area contributed by atoms with Crippen molar-refractivity contribution in [3.63, 3.8) is 0 Å². The van der Waals surface area contributed by atoms with E-state index in [1.807, 2.05) is 13.8 Å². The number of carbonyl (C=O) groups excluding carboxylic acids is 2. The average Bonchev–Trinajstić information content (AvgIpc) is 2.49. The fourth-order valence-electron chi connectivity index (χ4n) is 6.91. The van der Waals surface area contributed by atoms with Gasteiger partial charge in [0.15, 0.2) is 6.10 Å². The molecule has 27 heavy (non-hydrogen) atoms. The number of carbonyl (C=O) groups is 2. The number of aliphatic hydroxyl groups excluding tert-OH is 1. The van der Waals surface area contributed by atoms with E-state index in [1.165, 1.54) is 6.92 Å². The van der Waals surface area contributed by atoms with Crippen molar-refractivity contribution >= 4 is 11.8 Å². The Labute approximate surface area is 162 Å². The van der Waals surface area contributed by atoms with Gasteiger partial charge in [-0.25, -0.2) is 0 Å². The van der Waals surface area contributed by atoms with E-state index in [1.54, 1.807) is 6.08 Å². The van der Waals surface area contributed by atoms with Gasteiger partial charge in [-0.3, -0.25) is 9.59 Å². The van der Waals surface area contributed by atoms with E-state index in [0.717, 1.165) is 19.3 Å². The Morgan fingerprint density at radius 1 is 1.26 bits per heavy atom. The second-order valence-electron chi connectivity index (χ2n) is 10.2. The van der Waals surface area contributed by atoms with Gasteiger partial charge in [0.05, 0.1) is 17.6 Å². The lowest BCUT2D eigenvalue weighted by Gasteiger charge is -2.67. The van der Waals surface area contributed by atoms with E-state index < -0.39 is 40.7 Å². The molecule has 3 fully saturated rings. The molecule has 1 heterocycles. The molecule has 5 heteroatoms. The van der Waals surface area contributed by atoms with E-state index >= 15 is 0 Å². The van der Waals surface area contributed by atoms with E-state index in [4.69, 9.17) is 9.47 Å². The maximum Gasteiger partial charge on any atom is 0.303 e. The lowest BCUT2D eigenvalue weighted by Crippen LogP contribution is -2.75. The number of hydrogen-bond acceptors (Lipinski definition) is 5. The summed E-state index contributed by atoms with van der Waals surface area (Å²) >= 11 is 0. The van der Waals surface area contributed by atoms with Crippen LogP contribution in [0.5, 0.6) is 0 Å². The molecule has 0 aromatic carbocycles. The van der Waals surface area contributed by atoms with E-state index in [2.05, 4.69) is 27.4 Å². The predicted molar refractivity (Wildman–Crippen MR) is 102 cm³/mol. The predicted octanol–water partition coefficient (Wildman–Crippen LogP) is 3.43. The van der Waals surface area contributed by atoms with E-state index in [-0.39, 0.29) is 23.5 Å². The van der Waals surface area contributed by atoms with Gasteiger partial charge in [0.2, 0.25) is 0 Å². The molecule has 0 bridgehead atoms. The highest BCUT2D eigenvalue weighted by molar-refractivity contribution is 5.86. The minimum absolute atomic E-state index is 0.111. The van der Waals surface area contributed by atoms with Crippen LogP contribution in [0.15, 0.2) is 12.7 Å². The van der Waals surface area contributed by atoms with Crippen LogP contribution < -0.4 is 0 Å². The van der Waals surface area contributed by atoms with Crippen LogP contribution in [-0.2, 0) is 19.1 Å². The molecule has 3 rings (SSSR count). The van der Waals surface area contributed by atoms with Crippen LogP contribution in [-0.4, -0.2) is 40.3 Å². The number of fused-ring (bicyclic) bond motifs is 3. The van der Waals surface area contributed by atoms with Gasteiger partial charge >= 0.3 is 5.97 Å². The highest BCUT2D eigenvalue weighted by Crippen LogP contribution is 2.65. The first-order chi connectivity index (χ1) is 12.3. The Balaban J connectivity index is 2.20. The van der Waals surface area contributed by atoms with Gasteiger partial charge in [-0.15, -0.1) is 6.58 Å². The third kappa shape index (κ3) is 2.89. The van der Waals surface area contributed by atoms with Crippen LogP contribution >= 0.6 is 0 Å². The third-order valence-corrected chi connectivity index (χ3v) is 7.56. The largest absolute Gasteiger partial charge is 0.457 e. The fraction of sp³-hybridized carbons (Fsp3) is 0.818. The first-order valence-corrected chi connectivity index (χ1v) is 10.0. The molecule has 1 saturated heterocycles. The number of hydrogen-bond donors (Lipinski definition) is 1. The summed E-state index contributed by atoms with van der Waals surface area (Å²) in [6.45, 7) is 15.2. The van der Waals surface area contributed by atoms with Crippen molar-refractivity contribution in [1.29, 1.82) is 0 Å². The molecule has 1 N–H and O–H groups in total. The highest BCUT2D eigenvalue weighted by atomic mass is 16.6. The molecule has 0 unspecified atom stereocenters. The van der Waals surface area contributed by atoms with Crippen molar-refractivity contribution in [3.05, 3.63) is 12.7 Å². The molecular weight excluding hydrogens is 344 g/mol. The van der Waals surface area contributed by atoms with Crippen molar-refractivity contribution in [2.24, 2.45) is 22.7 Å². The standard InChI is InChI=1S/C22H34O5/c1-8-20(5)12-14(24)16-21(6)11-9-10-19(3,4)17(21)15(25)18(26-13(2)23)22(16,7)27-20/h8,15-18,25H,1,9-12H2,2-7H3/t15-,16+,17-,18-,20-,21+,22-/m0/s1. The van der Waals surface area contributed by atoms with Gasteiger partial charge in [0.25, 0.3) is 0 Å². The zero-order chi connectivity index (χ0) is 20.4. The zero-order valence-electron chi connectivity index (χ0n) is 17.5. The molecule has 0 spiro atoms. The summed E-state index contributed by atoms with van der Waals surface area (Å²) in [6.07, 6.45) is 2.94. The van der Waals surface area contributed by atoms with Gasteiger partial charge in [0.1, 0.15) is 11.4 Å². The molecule has 2 saturated carbocycles. The summed E-state index contributed by atoms with van der Waals surface area (Å²) in [5, 5.41) is 11.5. The second-order valence-corrected chi connectivity index (χ2v) is 10.2.